The minimum absolute atomic E-state index is 0.00498. The van der Waals surface area contributed by atoms with E-state index in [1.807, 2.05) is 12.1 Å². The molecule has 0 aromatic carbocycles. The summed E-state index contributed by atoms with van der Waals surface area (Å²) in [6, 6.07) is 4.02. The number of amides is 1. The van der Waals surface area contributed by atoms with Crippen molar-refractivity contribution in [2.24, 2.45) is 0 Å². The molecular weight excluding hydrogens is 264 g/mol. The van der Waals surface area contributed by atoms with Gasteiger partial charge in [0, 0.05) is 42.7 Å². The molecule has 0 atom stereocenters. The molecule has 0 bridgehead atoms. The first-order valence-electron chi connectivity index (χ1n) is 7.49. The van der Waals surface area contributed by atoms with Gasteiger partial charge in [-0.15, -0.1) is 0 Å². The zero-order valence-electron chi connectivity index (χ0n) is 12.3. The summed E-state index contributed by atoms with van der Waals surface area (Å²) in [6.45, 7) is 2.90. The van der Waals surface area contributed by atoms with Crippen molar-refractivity contribution < 1.29 is 4.79 Å². The van der Waals surface area contributed by atoms with Crippen LogP contribution >= 0.6 is 0 Å². The van der Waals surface area contributed by atoms with Crippen molar-refractivity contribution in [1.82, 2.24) is 20.1 Å². The lowest BCUT2D eigenvalue weighted by atomic mass is 9.94. The fraction of sp³-hybridized carbons (Fsp3) is 0.438. The number of carbonyl (C=O) groups excluding carboxylic acids is 1. The first kappa shape index (κ1) is 13.8. The highest BCUT2D eigenvalue weighted by Gasteiger charge is 2.21. The lowest BCUT2D eigenvalue weighted by molar-refractivity contribution is -0.118. The second-order valence-corrected chi connectivity index (χ2v) is 5.42. The molecule has 5 heteroatoms. The highest BCUT2D eigenvalue weighted by atomic mass is 16.1. The Labute approximate surface area is 124 Å². The van der Waals surface area contributed by atoms with Gasteiger partial charge in [-0.05, 0) is 37.8 Å². The zero-order valence-corrected chi connectivity index (χ0v) is 12.3. The van der Waals surface area contributed by atoms with E-state index in [1.54, 1.807) is 19.3 Å². The van der Waals surface area contributed by atoms with Crippen LogP contribution in [0.15, 0.2) is 24.5 Å². The Balaban J connectivity index is 1.91. The molecule has 0 fully saturated rings. The normalized spacial score (nSPS) is 13.8. The van der Waals surface area contributed by atoms with Crippen LogP contribution in [0.4, 0.5) is 0 Å². The molecule has 1 aliphatic carbocycles. The van der Waals surface area contributed by atoms with Gasteiger partial charge in [-0.25, -0.2) is 0 Å². The van der Waals surface area contributed by atoms with Crippen LogP contribution < -0.4 is 5.32 Å². The Kier molecular flexibility index (Phi) is 3.99. The van der Waals surface area contributed by atoms with Crippen LogP contribution in [0.5, 0.6) is 0 Å². The number of hydrogen-bond acceptors (Lipinski definition) is 3. The molecule has 1 N–H and O–H groups in total. The van der Waals surface area contributed by atoms with E-state index in [-0.39, 0.29) is 5.91 Å². The summed E-state index contributed by atoms with van der Waals surface area (Å²) in [5.74, 6) is 0.00498. The molecule has 0 aliphatic heterocycles. The van der Waals surface area contributed by atoms with Crippen LogP contribution in [-0.4, -0.2) is 27.2 Å². The maximum absolute atomic E-state index is 11.0. The quantitative estimate of drug-likeness (QED) is 0.933. The molecule has 2 heterocycles. The minimum atomic E-state index is 0.00498. The van der Waals surface area contributed by atoms with Crippen LogP contribution in [0, 0.1) is 0 Å². The first-order chi connectivity index (χ1) is 10.3. The number of fused-ring (bicyclic) bond motifs is 1. The lowest BCUT2D eigenvalue weighted by Crippen LogP contribution is -2.25. The van der Waals surface area contributed by atoms with Gasteiger partial charge in [-0.2, -0.15) is 5.10 Å². The molecule has 110 valence electrons. The first-order valence-corrected chi connectivity index (χ1v) is 7.49. The lowest BCUT2D eigenvalue weighted by Gasteiger charge is -2.14. The van der Waals surface area contributed by atoms with E-state index in [0.717, 1.165) is 30.6 Å². The predicted molar refractivity (Wildman–Crippen MR) is 80.8 cm³/mol. The molecule has 2 aromatic heterocycles. The fourth-order valence-corrected chi connectivity index (χ4v) is 2.94. The number of pyridine rings is 1. The number of aromatic nitrogens is 3. The Hall–Kier alpha value is -2.17. The van der Waals surface area contributed by atoms with Crippen LogP contribution in [-0.2, 0) is 24.2 Å². The Morgan fingerprint density at radius 1 is 1.29 bits per heavy atom. The van der Waals surface area contributed by atoms with E-state index in [0.29, 0.717) is 6.54 Å². The van der Waals surface area contributed by atoms with Gasteiger partial charge in [0.2, 0.25) is 5.91 Å². The Morgan fingerprint density at radius 2 is 2.05 bits per heavy atom. The third-order valence-corrected chi connectivity index (χ3v) is 3.91. The second-order valence-electron chi connectivity index (χ2n) is 5.42. The number of nitrogens with one attached hydrogen (secondary N) is 1. The molecule has 0 spiro atoms. The van der Waals surface area contributed by atoms with Gasteiger partial charge in [-0.1, -0.05) is 0 Å². The van der Waals surface area contributed by atoms with Crippen molar-refractivity contribution >= 4 is 5.91 Å². The SMILES string of the molecule is CC(=O)NCCn1nc(-c2ccncc2)c2c1CCCC2. The van der Waals surface area contributed by atoms with E-state index < -0.39 is 0 Å². The molecular formula is C16H20N4O. The van der Waals surface area contributed by atoms with Crippen molar-refractivity contribution in [3.05, 3.63) is 35.8 Å². The van der Waals surface area contributed by atoms with Crippen LogP contribution in [0.3, 0.4) is 0 Å². The average Bonchev–Trinajstić information content (AvgIpc) is 2.87. The predicted octanol–water partition coefficient (Wildman–Crippen LogP) is 1.96. The minimum Gasteiger partial charge on any atom is -0.354 e. The smallest absolute Gasteiger partial charge is 0.216 e. The highest BCUT2D eigenvalue weighted by Crippen LogP contribution is 2.30. The summed E-state index contributed by atoms with van der Waals surface area (Å²) in [5.41, 5.74) is 4.91. The fourth-order valence-electron chi connectivity index (χ4n) is 2.94. The zero-order chi connectivity index (χ0) is 14.7. The van der Waals surface area contributed by atoms with Crippen molar-refractivity contribution in [2.45, 2.75) is 39.2 Å². The molecule has 3 rings (SSSR count). The summed E-state index contributed by atoms with van der Waals surface area (Å²) >= 11 is 0. The average molecular weight is 284 g/mol. The van der Waals surface area contributed by atoms with Crippen molar-refractivity contribution in [3.8, 4) is 11.3 Å². The van der Waals surface area contributed by atoms with Gasteiger partial charge >= 0.3 is 0 Å². The topological polar surface area (TPSA) is 59.8 Å². The van der Waals surface area contributed by atoms with Crippen molar-refractivity contribution in [1.29, 1.82) is 0 Å². The second kappa shape index (κ2) is 6.08. The number of nitrogens with zero attached hydrogens (tertiary/aromatic N) is 3. The number of hydrogen-bond donors (Lipinski definition) is 1. The van der Waals surface area contributed by atoms with E-state index in [9.17, 15) is 4.79 Å². The van der Waals surface area contributed by atoms with E-state index >= 15 is 0 Å². The largest absolute Gasteiger partial charge is 0.354 e. The van der Waals surface area contributed by atoms with Gasteiger partial charge in [0.25, 0.3) is 0 Å². The molecule has 1 aliphatic rings. The van der Waals surface area contributed by atoms with E-state index in [2.05, 4.69) is 15.0 Å². The van der Waals surface area contributed by atoms with Gasteiger partial charge < -0.3 is 5.32 Å². The molecule has 0 saturated heterocycles. The highest BCUT2D eigenvalue weighted by molar-refractivity contribution is 5.72. The molecule has 0 saturated carbocycles. The van der Waals surface area contributed by atoms with Gasteiger partial charge in [0.1, 0.15) is 0 Å². The molecule has 2 aromatic rings. The van der Waals surface area contributed by atoms with Crippen LogP contribution in [0.25, 0.3) is 11.3 Å². The third kappa shape index (κ3) is 2.96. The van der Waals surface area contributed by atoms with Gasteiger partial charge in [-0.3, -0.25) is 14.5 Å². The maximum atomic E-state index is 11.0. The van der Waals surface area contributed by atoms with E-state index in [1.165, 1.54) is 24.1 Å². The maximum Gasteiger partial charge on any atom is 0.216 e. The molecule has 1 amide bonds. The Morgan fingerprint density at radius 3 is 2.81 bits per heavy atom. The summed E-state index contributed by atoms with van der Waals surface area (Å²) in [6.07, 6.45) is 8.22. The third-order valence-electron chi connectivity index (χ3n) is 3.91. The summed E-state index contributed by atoms with van der Waals surface area (Å²) in [4.78, 5) is 15.1. The summed E-state index contributed by atoms with van der Waals surface area (Å²) < 4.78 is 2.07. The molecule has 21 heavy (non-hydrogen) atoms. The van der Waals surface area contributed by atoms with Gasteiger partial charge in [0.05, 0.1) is 12.2 Å². The number of rotatable bonds is 4. The Bertz CT molecular complexity index is 633. The van der Waals surface area contributed by atoms with E-state index in [4.69, 9.17) is 5.10 Å². The van der Waals surface area contributed by atoms with Crippen LogP contribution in [0.1, 0.15) is 31.0 Å². The summed E-state index contributed by atoms with van der Waals surface area (Å²) in [5, 5.41) is 7.64. The molecule has 5 nitrogen and oxygen atoms in total. The van der Waals surface area contributed by atoms with Crippen LogP contribution in [0.2, 0.25) is 0 Å². The number of carbonyl (C=O) groups is 1. The van der Waals surface area contributed by atoms with Gasteiger partial charge in [0.15, 0.2) is 0 Å². The van der Waals surface area contributed by atoms with Crippen molar-refractivity contribution in [2.75, 3.05) is 6.54 Å². The molecule has 0 unspecified atom stereocenters. The monoisotopic (exact) mass is 284 g/mol. The standard InChI is InChI=1S/C16H20N4O/c1-12(21)18-10-11-20-15-5-3-2-4-14(15)16(19-20)13-6-8-17-9-7-13/h6-9H,2-5,10-11H2,1H3,(H,18,21). The van der Waals surface area contributed by atoms with Crippen molar-refractivity contribution in [3.63, 3.8) is 0 Å². The molecule has 0 radical (unpaired) electrons. The summed E-state index contributed by atoms with van der Waals surface area (Å²) in [7, 11) is 0.